The molecule has 1 saturated carbocycles. The van der Waals surface area contributed by atoms with Crippen LogP contribution >= 0.6 is 0 Å². The highest BCUT2D eigenvalue weighted by Crippen LogP contribution is 2.42. The van der Waals surface area contributed by atoms with Crippen LogP contribution in [0.2, 0.25) is 0 Å². The van der Waals surface area contributed by atoms with Crippen molar-refractivity contribution in [1.82, 2.24) is 0 Å². The zero-order valence-corrected chi connectivity index (χ0v) is 15.8. The van der Waals surface area contributed by atoms with E-state index in [0.29, 0.717) is 18.4 Å². The first-order valence-electron chi connectivity index (χ1n) is 9.27. The number of esters is 1. The van der Waals surface area contributed by atoms with Gasteiger partial charge in [0.1, 0.15) is 11.6 Å². The Kier molecular flexibility index (Phi) is 6.28. The van der Waals surface area contributed by atoms with Gasteiger partial charge < -0.3 is 14.8 Å². The molecule has 2 aromatic rings. The van der Waals surface area contributed by atoms with Gasteiger partial charge in [0.25, 0.3) is 5.91 Å². The highest BCUT2D eigenvalue weighted by Gasteiger charge is 2.44. The molecule has 1 aliphatic carbocycles. The molecule has 1 N–H and O–H groups in total. The van der Waals surface area contributed by atoms with Crippen molar-refractivity contribution < 1.29 is 36.6 Å². The molecule has 0 saturated heterocycles. The van der Waals surface area contributed by atoms with Crippen LogP contribution in [0.5, 0.6) is 5.75 Å². The van der Waals surface area contributed by atoms with E-state index >= 15 is 0 Å². The summed E-state index contributed by atoms with van der Waals surface area (Å²) in [5.41, 5.74) is -0.0448. The zero-order chi connectivity index (χ0) is 21.8. The third kappa shape index (κ3) is 5.28. The maximum absolute atomic E-state index is 13.2. The summed E-state index contributed by atoms with van der Waals surface area (Å²) in [6, 6.07) is 10.2. The molecule has 1 fully saturated rings. The van der Waals surface area contributed by atoms with Crippen LogP contribution in [0.4, 0.5) is 23.2 Å². The fraction of sp³-hybridized carbons (Fsp3) is 0.333. The summed E-state index contributed by atoms with van der Waals surface area (Å²) >= 11 is 0. The summed E-state index contributed by atoms with van der Waals surface area (Å²) in [5.74, 6) is -2.03. The van der Waals surface area contributed by atoms with Crippen molar-refractivity contribution in [3.05, 3.63) is 59.9 Å². The van der Waals surface area contributed by atoms with Gasteiger partial charge in [-0.3, -0.25) is 9.59 Å². The predicted molar refractivity (Wildman–Crippen MR) is 99.3 cm³/mol. The average molecular weight is 425 g/mol. The molecule has 1 aliphatic rings. The second-order valence-corrected chi connectivity index (χ2v) is 6.99. The summed E-state index contributed by atoms with van der Waals surface area (Å²) in [5, 5.41) is 2.44. The van der Waals surface area contributed by atoms with Gasteiger partial charge in [-0.2, -0.15) is 0 Å². The average Bonchev–Trinajstić information content (AvgIpc) is 3.18. The van der Waals surface area contributed by atoms with Gasteiger partial charge in [-0.25, -0.2) is 4.39 Å². The first-order chi connectivity index (χ1) is 14.2. The van der Waals surface area contributed by atoms with E-state index < -0.39 is 41.8 Å². The Hall–Kier alpha value is -3.10. The lowest BCUT2D eigenvalue weighted by Crippen LogP contribution is -2.36. The van der Waals surface area contributed by atoms with E-state index in [2.05, 4.69) is 10.1 Å². The smallest absolute Gasteiger partial charge is 0.455 e. The second-order valence-electron chi connectivity index (χ2n) is 6.99. The van der Waals surface area contributed by atoms with Crippen molar-refractivity contribution in [2.75, 3.05) is 11.9 Å². The third-order valence-electron chi connectivity index (χ3n) is 4.95. The fourth-order valence-electron chi connectivity index (χ4n) is 3.56. The van der Waals surface area contributed by atoms with E-state index in [0.717, 1.165) is 25.0 Å². The number of benzene rings is 2. The largest absolute Gasteiger partial charge is 0.573 e. The molecule has 0 unspecified atom stereocenters. The van der Waals surface area contributed by atoms with E-state index in [9.17, 15) is 27.2 Å². The maximum Gasteiger partial charge on any atom is 0.573 e. The van der Waals surface area contributed by atoms with Gasteiger partial charge in [0, 0.05) is 5.69 Å². The highest BCUT2D eigenvalue weighted by molar-refractivity contribution is 5.94. The van der Waals surface area contributed by atoms with Gasteiger partial charge in [0.05, 0.1) is 5.41 Å². The molecular formula is C21H19F4NO4. The molecule has 0 spiro atoms. The number of carbonyl (C=O) groups is 2. The third-order valence-corrected chi connectivity index (χ3v) is 4.95. The maximum atomic E-state index is 13.2. The number of hydrogen-bond donors (Lipinski definition) is 1. The molecule has 0 atom stereocenters. The van der Waals surface area contributed by atoms with Crippen molar-refractivity contribution in [1.29, 1.82) is 0 Å². The number of carbonyl (C=O) groups excluding carboxylic acids is 2. The van der Waals surface area contributed by atoms with Crippen LogP contribution in [0, 0.1) is 5.82 Å². The molecule has 9 heteroatoms. The zero-order valence-electron chi connectivity index (χ0n) is 15.8. The number of nitrogens with one attached hydrogen (secondary N) is 1. The Labute approximate surface area is 170 Å². The molecule has 160 valence electrons. The van der Waals surface area contributed by atoms with Crippen LogP contribution in [0.25, 0.3) is 0 Å². The van der Waals surface area contributed by atoms with Gasteiger partial charge in [-0.05, 0) is 54.8 Å². The number of amides is 1. The second kappa shape index (κ2) is 8.73. The standard InChI is InChI=1S/C21H19F4NO4/c22-15-5-3-14(4-6-15)20(11-1-2-12-20)19(28)29-13-18(27)26-16-7-9-17(10-8-16)30-21(23,24)25/h3-10H,1-2,11-13H2,(H,26,27). The summed E-state index contributed by atoms with van der Waals surface area (Å²) in [7, 11) is 0. The highest BCUT2D eigenvalue weighted by atomic mass is 19.4. The van der Waals surface area contributed by atoms with Crippen molar-refractivity contribution in [2.24, 2.45) is 0 Å². The lowest BCUT2D eigenvalue weighted by atomic mass is 9.79. The minimum absolute atomic E-state index is 0.222. The van der Waals surface area contributed by atoms with Crippen LogP contribution in [0.15, 0.2) is 48.5 Å². The molecular weight excluding hydrogens is 406 g/mol. The monoisotopic (exact) mass is 425 g/mol. The molecule has 0 bridgehead atoms. The van der Waals surface area contributed by atoms with E-state index in [4.69, 9.17) is 4.74 Å². The first-order valence-corrected chi connectivity index (χ1v) is 9.27. The molecule has 3 rings (SSSR count). The van der Waals surface area contributed by atoms with E-state index in [1.807, 2.05) is 0 Å². The topological polar surface area (TPSA) is 64.6 Å². The SMILES string of the molecule is O=C(COC(=O)C1(c2ccc(F)cc2)CCCC1)Nc1ccc(OC(F)(F)F)cc1. The van der Waals surface area contributed by atoms with Crippen molar-refractivity contribution in [2.45, 2.75) is 37.5 Å². The Bertz CT molecular complexity index is 889. The van der Waals surface area contributed by atoms with E-state index in [1.165, 1.54) is 24.3 Å². The molecule has 30 heavy (non-hydrogen) atoms. The molecule has 0 aromatic heterocycles. The van der Waals surface area contributed by atoms with Crippen LogP contribution in [-0.4, -0.2) is 24.8 Å². The number of halogens is 4. The van der Waals surface area contributed by atoms with Crippen molar-refractivity contribution >= 4 is 17.6 Å². The Morgan fingerprint density at radius 2 is 1.57 bits per heavy atom. The first kappa shape index (κ1) is 21.6. The van der Waals surface area contributed by atoms with E-state index in [-0.39, 0.29) is 5.69 Å². The number of anilines is 1. The normalized spacial score (nSPS) is 15.5. The van der Waals surface area contributed by atoms with Crippen molar-refractivity contribution in [3.63, 3.8) is 0 Å². The molecule has 1 amide bonds. The molecule has 5 nitrogen and oxygen atoms in total. The lowest BCUT2D eigenvalue weighted by Gasteiger charge is -2.27. The Morgan fingerprint density at radius 3 is 2.13 bits per heavy atom. The predicted octanol–water partition coefficient (Wildman–Crippen LogP) is 4.72. The molecule has 2 aromatic carbocycles. The number of alkyl halides is 3. The summed E-state index contributed by atoms with van der Waals surface area (Å²) in [4.78, 5) is 24.8. The molecule has 0 radical (unpaired) electrons. The molecule has 0 aliphatic heterocycles. The summed E-state index contributed by atoms with van der Waals surface area (Å²) in [6.45, 7) is -0.553. The minimum atomic E-state index is -4.81. The summed E-state index contributed by atoms with van der Waals surface area (Å²) < 4.78 is 58.7. The van der Waals surface area contributed by atoms with Crippen LogP contribution < -0.4 is 10.1 Å². The number of rotatable bonds is 6. The quantitative estimate of drug-likeness (QED) is 0.538. The van der Waals surface area contributed by atoms with Gasteiger partial charge in [0.2, 0.25) is 0 Å². The van der Waals surface area contributed by atoms with Gasteiger partial charge in [0.15, 0.2) is 6.61 Å². The van der Waals surface area contributed by atoms with Gasteiger partial charge in [-0.15, -0.1) is 13.2 Å². The molecule has 0 heterocycles. The number of hydrogen-bond acceptors (Lipinski definition) is 4. The minimum Gasteiger partial charge on any atom is -0.455 e. The van der Waals surface area contributed by atoms with Crippen LogP contribution in [-0.2, 0) is 19.7 Å². The van der Waals surface area contributed by atoms with Gasteiger partial charge in [-0.1, -0.05) is 25.0 Å². The number of ether oxygens (including phenoxy) is 2. The van der Waals surface area contributed by atoms with Crippen LogP contribution in [0.3, 0.4) is 0 Å². The van der Waals surface area contributed by atoms with Crippen LogP contribution in [0.1, 0.15) is 31.2 Å². The lowest BCUT2D eigenvalue weighted by molar-refractivity contribution is -0.274. The van der Waals surface area contributed by atoms with E-state index in [1.54, 1.807) is 12.1 Å². The fourth-order valence-corrected chi connectivity index (χ4v) is 3.56. The Balaban J connectivity index is 1.58. The van der Waals surface area contributed by atoms with Crippen molar-refractivity contribution in [3.8, 4) is 5.75 Å². The Morgan fingerprint density at radius 1 is 0.967 bits per heavy atom. The van der Waals surface area contributed by atoms with Gasteiger partial charge >= 0.3 is 12.3 Å². The summed E-state index contributed by atoms with van der Waals surface area (Å²) in [6.07, 6.45) is -2.10.